The first kappa shape index (κ1) is 16.9. The van der Waals surface area contributed by atoms with E-state index in [1.807, 2.05) is 0 Å². The SMILES string of the molecule is Nc1cc(Br)c(S(=O)(=O)N(CCO)CCO)c(Br)c1. The summed E-state index contributed by atoms with van der Waals surface area (Å²) in [7, 11) is -3.84. The van der Waals surface area contributed by atoms with Gasteiger partial charge >= 0.3 is 0 Å². The molecular weight excluding hydrogens is 404 g/mol. The van der Waals surface area contributed by atoms with E-state index in [9.17, 15) is 8.42 Å². The van der Waals surface area contributed by atoms with Crippen molar-refractivity contribution in [3.8, 4) is 0 Å². The van der Waals surface area contributed by atoms with Gasteiger partial charge in [-0.2, -0.15) is 4.31 Å². The number of hydrogen-bond acceptors (Lipinski definition) is 5. The van der Waals surface area contributed by atoms with Crippen molar-refractivity contribution >= 4 is 47.6 Å². The van der Waals surface area contributed by atoms with Crippen LogP contribution in [0.15, 0.2) is 26.0 Å². The molecule has 0 aliphatic heterocycles. The number of hydrogen-bond donors (Lipinski definition) is 3. The lowest BCUT2D eigenvalue weighted by Crippen LogP contribution is -2.36. The van der Waals surface area contributed by atoms with Gasteiger partial charge in [0.05, 0.1) is 13.2 Å². The molecule has 1 rings (SSSR count). The minimum absolute atomic E-state index is 0.0172. The summed E-state index contributed by atoms with van der Waals surface area (Å²) in [5.41, 5.74) is 6.03. The van der Waals surface area contributed by atoms with Crippen LogP contribution < -0.4 is 5.73 Å². The van der Waals surface area contributed by atoms with Crippen molar-refractivity contribution < 1.29 is 18.6 Å². The highest BCUT2D eigenvalue weighted by Crippen LogP contribution is 2.34. The van der Waals surface area contributed by atoms with Gasteiger partial charge in [-0.15, -0.1) is 0 Å². The molecule has 0 spiro atoms. The largest absolute Gasteiger partial charge is 0.399 e. The van der Waals surface area contributed by atoms with Crippen LogP contribution in [-0.4, -0.2) is 49.2 Å². The molecule has 0 atom stereocenters. The van der Waals surface area contributed by atoms with Gasteiger partial charge in [0.2, 0.25) is 10.0 Å². The van der Waals surface area contributed by atoms with Crippen molar-refractivity contribution in [1.29, 1.82) is 0 Å². The predicted octanol–water partition coefficient (Wildman–Crippen LogP) is 0.769. The molecular formula is C10H14Br2N2O4S. The molecule has 0 aromatic heterocycles. The first-order valence-corrected chi connectivity index (χ1v) is 8.33. The molecule has 0 amide bonds. The number of rotatable bonds is 6. The average Bonchev–Trinajstić information content (AvgIpc) is 2.26. The number of halogens is 2. The third-order valence-electron chi connectivity index (χ3n) is 2.32. The maximum atomic E-state index is 12.5. The summed E-state index contributed by atoms with van der Waals surface area (Å²) >= 11 is 6.33. The van der Waals surface area contributed by atoms with Crippen LogP contribution in [0.1, 0.15) is 0 Å². The molecule has 0 fully saturated rings. The monoisotopic (exact) mass is 416 g/mol. The Kier molecular flexibility index (Phi) is 6.21. The number of nitrogen functional groups attached to an aromatic ring is 1. The van der Waals surface area contributed by atoms with Gasteiger partial charge in [-0.3, -0.25) is 0 Å². The summed E-state index contributed by atoms with van der Waals surface area (Å²) in [5, 5.41) is 17.9. The van der Waals surface area contributed by atoms with E-state index in [1.54, 1.807) is 0 Å². The lowest BCUT2D eigenvalue weighted by atomic mass is 10.3. The van der Waals surface area contributed by atoms with E-state index in [0.717, 1.165) is 4.31 Å². The molecule has 0 radical (unpaired) electrons. The smallest absolute Gasteiger partial charge is 0.245 e. The molecule has 0 saturated carbocycles. The van der Waals surface area contributed by atoms with Gasteiger partial charge in [-0.05, 0) is 44.0 Å². The van der Waals surface area contributed by atoms with Crippen LogP contribution >= 0.6 is 31.9 Å². The lowest BCUT2D eigenvalue weighted by Gasteiger charge is -2.22. The third kappa shape index (κ3) is 3.89. The van der Waals surface area contributed by atoms with Crippen molar-refractivity contribution in [1.82, 2.24) is 4.31 Å². The van der Waals surface area contributed by atoms with Crippen LogP contribution in [0.25, 0.3) is 0 Å². The highest BCUT2D eigenvalue weighted by atomic mass is 79.9. The first-order chi connectivity index (χ1) is 8.84. The molecule has 19 heavy (non-hydrogen) atoms. The number of aliphatic hydroxyl groups is 2. The minimum atomic E-state index is -3.84. The Hall–Kier alpha value is -0.190. The second-order valence-corrected chi connectivity index (χ2v) is 7.25. The number of aliphatic hydroxyl groups excluding tert-OH is 2. The molecule has 0 aliphatic rings. The quantitative estimate of drug-likeness (QED) is 0.593. The van der Waals surface area contributed by atoms with Gasteiger partial charge in [-0.25, -0.2) is 8.42 Å². The Bertz CT molecular complexity index is 521. The van der Waals surface area contributed by atoms with Crippen LogP contribution in [0.2, 0.25) is 0 Å². The van der Waals surface area contributed by atoms with Gasteiger partial charge in [0, 0.05) is 27.7 Å². The Labute approximate surface area is 128 Å². The molecule has 108 valence electrons. The zero-order valence-corrected chi connectivity index (χ0v) is 13.9. The second-order valence-electron chi connectivity index (χ2n) is 3.66. The Balaban J connectivity index is 3.33. The zero-order chi connectivity index (χ0) is 14.6. The van der Waals surface area contributed by atoms with E-state index in [-0.39, 0.29) is 31.2 Å². The standard InChI is InChI=1S/C10H14Br2N2O4S/c11-8-5-7(13)6-9(12)10(8)19(17,18)14(1-3-15)2-4-16/h5-6,15-16H,1-4,13H2. The highest BCUT2D eigenvalue weighted by Gasteiger charge is 2.28. The van der Waals surface area contributed by atoms with Crippen molar-refractivity contribution in [2.45, 2.75) is 4.90 Å². The minimum Gasteiger partial charge on any atom is -0.399 e. The van der Waals surface area contributed by atoms with Gasteiger partial charge in [0.1, 0.15) is 4.90 Å². The average molecular weight is 418 g/mol. The summed E-state index contributed by atoms with van der Waals surface area (Å²) in [5.74, 6) is 0. The molecule has 6 nitrogen and oxygen atoms in total. The number of anilines is 1. The van der Waals surface area contributed by atoms with E-state index >= 15 is 0 Å². The fraction of sp³-hybridized carbons (Fsp3) is 0.400. The summed E-state index contributed by atoms with van der Waals surface area (Å²) in [6.07, 6.45) is 0. The predicted molar refractivity (Wildman–Crippen MR) is 79.2 cm³/mol. The van der Waals surface area contributed by atoms with E-state index in [4.69, 9.17) is 15.9 Å². The third-order valence-corrected chi connectivity index (χ3v) is 6.09. The van der Waals surface area contributed by atoms with Gasteiger partial charge in [0.15, 0.2) is 0 Å². The van der Waals surface area contributed by atoms with Gasteiger partial charge in [0.25, 0.3) is 0 Å². The van der Waals surface area contributed by atoms with Crippen LogP contribution in [0, 0.1) is 0 Å². The molecule has 1 aromatic carbocycles. The first-order valence-electron chi connectivity index (χ1n) is 5.31. The van der Waals surface area contributed by atoms with E-state index in [2.05, 4.69) is 31.9 Å². The number of nitrogens with zero attached hydrogens (tertiary/aromatic N) is 1. The summed E-state index contributed by atoms with van der Waals surface area (Å²) in [4.78, 5) is 0.0172. The van der Waals surface area contributed by atoms with Gasteiger partial charge in [-0.1, -0.05) is 0 Å². The molecule has 0 heterocycles. The lowest BCUT2D eigenvalue weighted by molar-refractivity contribution is 0.217. The normalized spacial score (nSPS) is 12.1. The Morgan fingerprint density at radius 1 is 1.11 bits per heavy atom. The second kappa shape index (κ2) is 7.00. The summed E-state index contributed by atoms with van der Waals surface area (Å²) in [6.45, 7) is -0.842. The fourth-order valence-electron chi connectivity index (χ4n) is 1.53. The maximum absolute atomic E-state index is 12.5. The van der Waals surface area contributed by atoms with E-state index < -0.39 is 10.0 Å². The summed E-state index contributed by atoms with van der Waals surface area (Å²) < 4.78 is 26.6. The van der Waals surface area contributed by atoms with Crippen LogP contribution in [0.3, 0.4) is 0 Å². The number of sulfonamides is 1. The molecule has 0 aliphatic carbocycles. The van der Waals surface area contributed by atoms with E-state index in [0.29, 0.717) is 14.6 Å². The molecule has 9 heteroatoms. The van der Waals surface area contributed by atoms with Crippen LogP contribution in [0.5, 0.6) is 0 Å². The van der Waals surface area contributed by atoms with Gasteiger partial charge < -0.3 is 15.9 Å². The fourth-order valence-corrected chi connectivity index (χ4v) is 5.49. The summed E-state index contributed by atoms with van der Waals surface area (Å²) in [6, 6.07) is 2.96. The van der Waals surface area contributed by atoms with Crippen molar-refractivity contribution in [3.05, 3.63) is 21.1 Å². The zero-order valence-electron chi connectivity index (χ0n) is 9.88. The number of benzene rings is 1. The molecule has 0 saturated heterocycles. The maximum Gasteiger partial charge on any atom is 0.245 e. The van der Waals surface area contributed by atoms with Crippen LogP contribution in [-0.2, 0) is 10.0 Å². The highest BCUT2D eigenvalue weighted by molar-refractivity contribution is 9.11. The Morgan fingerprint density at radius 2 is 1.53 bits per heavy atom. The van der Waals surface area contributed by atoms with Crippen LogP contribution in [0.4, 0.5) is 5.69 Å². The van der Waals surface area contributed by atoms with Crippen molar-refractivity contribution in [3.63, 3.8) is 0 Å². The molecule has 4 N–H and O–H groups in total. The number of nitrogens with two attached hydrogens (primary N) is 1. The Morgan fingerprint density at radius 3 is 1.89 bits per heavy atom. The van der Waals surface area contributed by atoms with Crippen molar-refractivity contribution in [2.24, 2.45) is 0 Å². The molecule has 0 bridgehead atoms. The molecule has 1 aromatic rings. The van der Waals surface area contributed by atoms with Crippen molar-refractivity contribution in [2.75, 3.05) is 32.0 Å². The van der Waals surface area contributed by atoms with E-state index in [1.165, 1.54) is 12.1 Å². The molecule has 0 unspecified atom stereocenters. The topological polar surface area (TPSA) is 104 Å².